The molecule has 1 rings (SSSR count). The maximum atomic E-state index is 2.52. The van der Waals surface area contributed by atoms with Crippen molar-refractivity contribution in [2.75, 3.05) is 0 Å². The fourth-order valence-corrected chi connectivity index (χ4v) is 3.29. The summed E-state index contributed by atoms with van der Waals surface area (Å²) in [6, 6.07) is 0. The molecule has 0 aromatic rings. The Balaban J connectivity index is 2.75. The van der Waals surface area contributed by atoms with E-state index in [0.717, 1.165) is 11.8 Å². The Hall–Kier alpha value is 0. The van der Waals surface area contributed by atoms with Crippen LogP contribution in [0.1, 0.15) is 67.2 Å². The third kappa shape index (κ3) is 1.51. The maximum absolute atomic E-state index is 2.52. The SMILES string of the molecule is CCC(C)C(C)C1(C)CCC1(C)CC. The Morgan fingerprint density at radius 1 is 1.07 bits per heavy atom. The van der Waals surface area contributed by atoms with Crippen molar-refractivity contribution in [3.8, 4) is 0 Å². The lowest BCUT2D eigenvalue weighted by Gasteiger charge is -2.61. The highest BCUT2D eigenvalue weighted by atomic mass is 14.6. The van der Waals surface area contributed by atoms with Crippen molar-refractivity contribution in [1.29, 1.82) is 0 Å². The molecule has 1 aliphatic carbocycles. The zero-order chi connectivity index (χ0) is 11.0. The maximum Gasteiger partial charge on any atom is -0.0244 e. The summed E-state index contributed by atoms with van der Waals surface area (Å²) < 4.78 is 0. The average molecular weight is 196 g/mol. The molecule has 0 radical (unpaired) electrons. The topological polar surface area (TPSA) is 0 Å². The average Bonchev–Trinajstić information content (AvgIpc) is 2.22. The van der Waals surface area contributed by atoms with E-state index in [-0.39, 0.29) is 0 Å². The van der Waals surface area contributed by atoms with E-state index in [1.165, 1.54) is 25.7 Å². The van der Waals surface area contributed by atoms with Gasteiger partial charge < -0.3 is 0 Å². The highest BCUT2D eigenvalue weighted by Gasteiger charge is 2.54. The van der Waals surface area contributed by atoms with Crippen molar-refractivity contribution in [3.05, 3.63) is 0 Å². The molecule has 4 atom stereocenters. The third-order valence-electron chi connectivity index (χ3n) is 5.86. The molecule has 0 amide bonds. The summed E-state index contributed by atoms with van der Waals surface area (Å²) >= 11 is 0. The molecule has 0 spiro atoms. The van der Waals surface area contributed by atoms with E-state index in [2.05, 4.69) is 41.5 Å². The largest absolute Gasteiger partial charge is 0.0651 e. The summed E-state index contributed by atoms with van der Waals surface area (Å²) in [5, 5.41) is 0. The van der Waals surface area contributed by atoms with Gasteiger partial charge in [0.2, 0.25) is 0 Å². The van der Waals surface area contributed by atoms with Crippen LogP contribution in [0.15, 0.2) is 0 Å². The van der Waals surface area contributed by atoms with Crippen LogP contribution in [0.3, 0.4) is 0 Å². The Morgan fingerprint density at radius 2 is 1.64 bits per heavy atom. The minimum atomic E-state index is 0.608. The Kier molecular flexibility index (Phi) is 3.33. The molecule has 0 bridgehead atoms. The predicted molar refractivity (Wildman–Crippen MR) is 64.4 cm³/mol. The van der Waals surface area contributed by atoms with Crippen molar-refractivity contribution in [1.82, 2.24) is 0 Å². The van der Waals surface area contributed by atoms with Gasteiger partial charge in [-0.25, -0.2) is 0 Å². The first-order valence-electron chi connectivity index (χ1n) is 6.41. The van der Waals surface area contributed by atoms with Gasteiger partial charge in [0, 0.05) is 0 Å². The molecular weight excluding hydrogens is 168 g/mol. The number of hydrogen-bond acceptors (Lipinski definition) is 0. The van der Waals surface area contributed by atoms with Crippen LogP contribution in [0, 0.1) is 22.7 Å². The van der Waals surface area contributed by atoms with Gasteiger partial charge in [-0.15, -0.1) is 0 Å². The first-order valence-corrected chi connectivity index (χ1v) is 6.41. The van der Waals surface area contributed by atoms with Crippen molar-refractivity contribution in [2.45, 2.75) is 67.2 Å². The molecule has 0 saturated heterocycles. The van der Waals surface area contributed by atoms with Crippen LogP contribution in [0.2, 0.25) is 0 Å². The molecule has 1 aliphatic rings. The summed E-state index contributed by atoms with van der Waals surface area (Å²) in [7, 11) is 0. The van der Waals surface area contributed by atoms with Crippen LogP contribution in [0.5, 0.6) is 0 Å². The fourth-order valence-electron chi connectivity index (χ4n) is 3.29. The van der Waals surface area contributed by atoms with Crippen LogP contribution in [0.4, 0.5) is 0 Å². The zero-order valence-corrected chi connectivity index (χ0v) is 11.0. The van der Waals surface area contributed by atoms with E-state index in [9.17, 15) is 0 Å². The van der Waals surface area contributed by atoms with E-state index in [4.69, 9.17) is 0 Å². The molecule has 84 valence electrons. The van der Waals surface area contributed by atoms with Gasteiger partial charge in [0.1, 0.15) is 0 Å². The van der Waals surface area contributed by atoms with Crippen molar-refractivity contribution >= 4 is 0 Å². The molecular formula is C14H28. The lowest BCUT2D eigenvalue weighted by atomic mass is 9.44. The van der Waals surface area contributed by atoms with Crippen LogP contribution in [-0.4, -0.2) is 0 Å². The Morgan fingerprint density at radius 3 is 1.93 bits per heavy atom. The molecule has 0 aromatic heterocycles. The summed E-state index contributed by atoms with van der Waals surface area (Å²) in [5.74, 6) is 1.76. The van der Waals surface area contributed by atoms with Crippen LogP contribution in [-0.2, 0) is 0 Å². The van der Waals surface area contributed by atoms with Crippen molar-refractivity contribution < 1.29 is 0 Å². The standard InChI is InChI=1S/C14H28/c1-7-11(3)12(4)14(6)10-9-13(14,5)8-2/h11-12H,7-10H2,1-6H3. The lowest BCUT2D eigenvalue weighted by molar-refractivity contribution is -0.111. The predicted octanol–water partition coefficient (Wildman–Crippen LogP) is 4.89. The van der Waals surface area contributed by atoms with E-state index in [1.807, 2.05) is 0 Å². The smallest absolute Gasteiger partial charge is 0.0244 e. The molecule has 1 fully saturated rings. The highest BCUT2D eigenvalue weighted by molar-refractivity contribution is 5.04. The fraction of sp³-hybridized carbons (Fsp3) is 1.00. The molecule has 0 heteroatoms. The third-order valence-corrected chi connectivity index (χ3v) is 5.86. The minimum Gasteiger partial charge on any atom is -0.0651 e. The quantitative estimate of drug-likeness (QED) is 0.601. The van der Waals surface area contributed by atoms with E-state index < -0.39 is 0 Å². The van der Waals surface area contributed by atoms with Crippen LogP contribution in [0.25, 0.3) is 0 Å². The molecule has 0 aliphatic heterocycles. The summed E-state index contributed by atoms with van der Waals surface area (Å²) in [6.07, 6.45) is 5.57. The molecule has 0 aromatic carbocycles. The molecule has 4 unspecified atom stereocenters. The second-order valence-electron chi connectivity index (χ2n) is 6.01. The molecule has 1 saturated carbocycles. The zero-order valence-electron chi connectivity index (χ0n) is 11.0. The van der Waals surface area contributed by atoms with Gasteiger partial charge in [-0.1, -0.05) is 54.4 Å². The Bertz CT molecular complexity index is 192. The monoisotopic (exact) mass is 196 g/mol. The molecule has 0 heterocycles. The van der Waals surface area contributed by atoms with Gasteiger partial charge in [-0.2, -0.15) is 0 Å². The van der Waals surface area contributed by atoms with Crippen molar-refractivity contribution in [3.63, 3.8) is 0 Å². The van der Waals surface area contributed by atoms with Crippen LogP contribution < -0.4 is 0 Å². The Labute approximate surface area is 90.5 Å². The second-order valence-corrected chi connectivity index (χ2v) is 6.01. The highest BCUT2D eigenvalue weighted by Crippen LogP contribution is 2.63. The van der Waals surface area contributed by atoms with Gasteiger partial charge >= 0.3 is 0 Å². The molecule has 0 nitrogen and oxygen atoms in total. The second kappa shape index (κ2) is 3.87. The van der Waals surface area contributed by atoms with Crippen LogP contribution >= 0.6 is 0 Å². The van der Waals surface area contributed by atoms with Gasteiger partial charge in [-0.3, -0.25) is 0 Å². The minimum absolute atomic E-state index is 0.608. The lowest BCUT2D eigenvalue weighted by Crippen LogP contribution is -2.52. The molecule has 14 heavy (non-hydrogen) atoms. The normalized spacial score (nSPS) is 41.6. The van der Waals surface area contributed by atoms with E-state index >= 15 is 0 Å². The van der Waals surface area contributed by atoms with Gasteiger partial charge in [-0.05, 0) is 35.5 Å². The summed E-state index contributed by atoms with van der Waals surface area (Å²) in [5.41, 5.74) is 1.23. The van der Waals surface area contributed by atoms with Gasteiger partial charge in [0.15, 0.2) is 0 Å². The number of rotatable bonds is 4. The summed E-state index contributed by atoms with van der Waals surface area (Å²) in [4.78, 5) is 0. The number of hydrogen-bond donors (Lipinski definition) is 0. The summed E-state index contributed by atoms with van der Waals surface area (Å²) in [6.45, 7) is 14.6. The van der Waals surface area contributed by atoms with Gasteiger partial charge in [0.25, 0.3) is 0 Å². The van der Waals surface area contributed by atoms with E-state index in [1.54, 1.807) is 0 Å². The first-order chi connectivity index (χ1) is 6.41. The molecule has 0 N–H and O–H groups in total. The van der Waals surface area contributed by atoms with Gasteiger partial charge in [0.05, 0.1) is 0 Å². The first kappa shape index (κ1) is 12.1. The van der Waals surface area contributed by atoms with Crippen molar-refractivity contribution in [2.24, 2.45) is 22.7 Å². The van der Waals surface area contributed by atoms with E-state index in [0.29, 0.717) is 10.8 Å².